The van der Waals surface area contributed by atoms with Gasteiger partial charge in [-0.1, -0.05) is 12.1 Å². The lowest BCUT2D eigenvalue weighted by Gasteiger charge is -2.33. The minimum atomic E-state index is -0.316. The Hall–Kier alpha value is -2.67. The van der Waals surface area contributed by atoms with Crippen molar-refractivity contribution in [3.05, 3.63) is 64.3 Å². The standard InChI is InChI=1S/C20H19FN4OS/c1-13-19(27-12-24-13)20(26)25-10-4-5-14(11-25)17-18(23-9-8-22-17)15-6-2-3-7-16(15)21/h2-3,6-9,12,14H,4-5,10-11H2,1H3/t14-/m0/s1. The van der Waals surface area contributed by atoms with Crippen molar-refractivity contribution in [3.8, 4) is 11.3 Å². The Morgan fingerprint density at radius 1 is 1.22 bits per heavy atom. The van der Waals surface area contributed by atoms with Crippen LogP contribution in [0.3, 0.4) is 0 Å². The van der Waals surface area contributed by atoms with Gasteiger partial charge in [0.1, 0.15) is 10.7 Å². The summed E-state index contributed by atoms with van der Waals surface area (Å²) in [6.45, 7) is 3.11. The molecule has 2 aromatic heterocycles. The highest BCUT2D eigenvalue weighted by atomic mass is 32.1. The molecule has 1 atom stereocenters. The molecular weight excluding hydrogens is 363 g/mol. The third kappa shape index (κ3) is 3.47. The van der Waals surface area contributed by atoms with Crippen LogP contribution in [-0.2, 0) is 0 Å². The number of likely N-dealkylation sites (tertiary alicyclic amines) is 1. The Bertz CT molecular complexity index is 974. The molecule has 1 fully saturated rings. The molecule has 7 heteroatoms. The van der Waals surface area contributed by atoms with E-state index in [2.05, 4.69) is 15.0 Å². The van der Waals surface area contributed by atoms with E-state index in [-0.39, 0.29) is 17.6 Å². The van der Waals surface area contributed by atoms with Gasteiger partial charge < -0.3 is 4.90 Å². The van der Waals surface area contributed by atoms with Crippen LogP contribution in [0.4, 0.5) is 4.39 Å². The normalized spacial score (nSPS) is 17.1. The van der Waals surface area contributed by atoms with E-state index in [1.54, 1.807) is 36.1 Å². The summed E-state index contributed by atoms with van der Waals surface area (Å²) in [4.78, 5) is 28.5. The van der Waals surface area contributed by atoms with Gasteiger partial charge in [0, 0.05) is 37.0 Å². The van der Waals surface area contributed by atoms with E-state index in [0.717, 1.165) is 24.2 Å². The van der Waals surface area contributed by atoms with Gasteiger partial charge in [0.05, 0.1) is 22.6 Å². The SMILES string of the molecule is Cc1ncsc1C(=O)N1CCC[C@H](c2nccnc2-c2ccccc2F)C1. The number of carbonyl (C=O) groups is 1. The number of aromatic nitrogens is 3. The van der Waals surface area contributed by atoms with Crippen LogP contribution in [0.15, 0.2) is 42.2 Å². The van der Waals surface area contributed by atoms with E-state index in [4.69, 9.17) is 0 Å². The lowest BCUT2D eigenvalue weighted by atomic mass is 9.91. The van der Waals surface area contributed by atoms with Crippen molar-refractivity contribution in [1.82, 2.24) is 19.9 Å². The summed E-state index contributed by atoms with van der Waals surface area (Å²) in [5.41, 5.74) is 4.22. The van der Waals surface area contributed by atoms with Crippen molar-refractivity contribution < 1.29 is 9.18 Å². The zero-order chi connectivity index (χ0) is 18.8. The number of benzene rings is 1. The highest BCUT2D eigenvalue weighted by Crippen LogP contribution is 2.33. The molecule has 0 aliphatic carbocycles. The predicted molar refractivity (Wildman–Crippen MR) is 102 cm³/mol. The van der Waals surface area contributed by atoms with Crippen LogP contribution >= 0.6 is 11.3 Å². The van der Waals surface area contributed by atoms with Gasteiger partial charge in [-0.25, -0.2) is 9.37 Å². The molecule has 1 aliphatic heterocycles. The zero-order valence-electron chi connectivity index (χ0n) is 14.9. The summed E-state index contributed by atoms with van der Waals surface area (Å²) in [5, 5.41) is 0. The molecule has 3 aromatic rings. The smallest absolute Gasteiger partial charge is 0.265 e. The lowest BCUT2D eigenvalue weighted by molar-refractivity contribution is 0.0710. The molecule has 4 rings (SSSR count). The highest BCUT2D eigenvalue weighted by Gasteiger charge is 2.30. The summed E-state index contributed by atoms with van der Waals surface area (Å²) < 4.78 is 14.3. The molecule has 138 valence electrons. The molecule has 3 heterocycles. The Kier molecular flexibility index (Phi) is 4.94. The first kappa shape index (κ1) is 17.7. The zero-order valence-corrected chi connectivity index (χ0v) is 15.7. The first-order chi connectivity index (χ1) is 13.1. The minimum absolute atomic E-state index is 0.0102. The number of nitrogens with zero attached hydrogens (tertiary/aromatic N) is 4. The fourth-order valence-corrected chi connectivity index (χ4v) is 4.31. The number of carbonyl (C=O) groups excluding carboxylic acids is 1. The molecule has 0 unspecified atom stereocenters. The van der Waals surface area contributed by atoms with Crippen LogP contribution in [0.2, 0.25) is 0 Å². The van der Waals surface area contributed by atoms with Gasteiger partial charge in [-0.05, 0) is 31.9 Å². The van der Waals surface area contributed by atoms with Crippen LogP contribution in [0, 0.1) is 12.7 Å². The van der Waals surface area contributed by atoms with E-state index >= 15 is 0 Å². The van der Waals surface area contributed by atoms with Crippen LogP contribution in [0.25, 0.3) is 11.3 Å². The lowest BCUT2D eigenvalue weighted by Crippen LogP contribution is -2.39. The molecule has 0 bridgehead atoms. The maximum Gasteiger partial charge on any atom is 0.265 e. The van der Waals surface area contributed by atoms with E-state index in [9.17, 15) is 9.18 Å². The molecule has 27 heavy (non-hydrogen) atoms. The summed E-state index contributed by atoms with van der Waals surface area (Å²) in [5.74, 6) is -0.279. The van der Waals surface area contributed by atoms with Crippen LogP contribution in [0.1, 0.15) is 39.8 Å². The van der Waals surface area contributed by atoms with Crippen LogP contribution in [-0.4, -0.2) is 38.8 Å². The van der Waals surface area contributed by atoms with E-state index < -0.39 is 0 Å². The van der Waals surface area contributed by atoms with Crippen molar-refractivity contribution in [2.75, 3.05) is 13.1 Å². The number of thiazole rings is 1. The summed E-state index contributed by atoms with van der Waals surface area (Å²) in [7, 11) is 0. The number of halogens is 1. The third-order valence-electron chi connectivity index (χ3n) is 4.89. The number of aryl methyl sites for hydroxylation is 1. The van der Waals surface area contributed by atoms with E-state index in [1.165, 1.54) is 17.4 Å². The molecule has 0 saturated carbocycles. The minimum Gasteiger partial charge on any atom is -0.337 e. The fraction of sp³-hybridized carbons (Fsp3) is 0.300. The van der Waals surface area contributed by atoms with Crippen molar-refractivity contribution in [2.45, 2.75) is 25.7 Å². The quantitative estimate of drug-likeness (QED) is 0.685. The second-order valence-corrected chi connectivity index (χ2v) is 7.48. The van der Waals surface area contributed by atoms with Gasteiger partial charge in [0.15, 0.2) is 0 Å². The molecule has 1 aliphatic rings. The van der Waals surface area contributed by atoms with Crippen molar-refractivity contribution in [1.29, 1.82) is 0 Å². The first-order valence-corrected chi connectivity index (χ1v) is 9.78. The second-order valence-electron chi connectivity index (χ2n) is 6.63. The monoisotopic (exact) mass is 382 g/mol. The fourth-order valence-electron chi connectivity index (χ4n) is 3.54. The van der Waals surface area contributed by atoms with Crippen molar-refractivity contribution in [3.63, 3.8) is 0 Å². The molecule has 1 aromatic carbocycles. The average molecular weight is 382 g/mol. The van der Waals surface area contributed by atoms with Crippen LogP contribution in [0.5, 0.6) is 0 Å². The number of piperidine rings is 1. The largest absolute Gasteiger partial charge is 0.337 e. The molecule has 0 N–H and O–H groups in total. The Balaban J connectivity index is 1.64. The number of rotatable bonds is 3. The van der Waals surface area contributed by atoms with Crippen molar-refractivity contribution in [2.24, 2.45) is 0 Å². The topological polar surface area (TPSA) is 59.0 Å². The van der Waals surface area contributed by atoms with Gasteiger partial charge >= 0.3 is 0 Å². The number of hydrogen-bond acceptors (Lipinski definition) is 5. The number of hydrogen-bond donors (Lipinski definition) is 0. The Labute approximate surface area is 160 Å². The predicted octanol–water partition coefficient (Wildman–Crippen LogP) is 4.07. The summed E-state index contributed by atoms with van der Waals surface area (Å²) >= 11 is 1.37. The van der Waals surface area contributed by atoms with E-state index in [0.29, 0.717) is 29.2 Å². The second kappa shape index (κ2) is 7.52. The summed E-state index contributed by atoms with van der Waals surface area (Å²) in [6, 6.07) is 6.60. The van der Waals surface area contributed by atoms with Gasteiger partial charge in [0.25, 0.3) is 5.91 Å². The van der Waals surface area contributed by atoms with Gasteiger partial charge in [0.2, 0.25) is 0 Å². The van der Waals surface area contributed by atoms with Gasteiger partial charge in [-0.2, -0.15) is 0 Å². The molecule has 5 nitrogen and oxygen atoms in total. The molecule has 1 amide bonds. The molecular formula is C20H19FN4OS. The van der Waals surface area contributed by atoms with Gasteiger partial charge in [-0.3, -0.25) is 14.8 Å². The molecule has 1 saturated heterocycles. The maximum absolute atomic E-state index is 14.3. The first-order valence-electron chi connectivity index (χ1n) is 8.90. The average Bonchev–Trinajstić information content (AvgIpc) is 3.14. The third-order valence-corrected chi connectivity index (χ3v) is 5.81. The summed E-state index contributed by atoms with van der Waals surface area (Å²) in [6.07, 6.45) is 4.98. The highest BCUT2D eigenvalue weighted by molar-refractivity contribution is 7.11. The van der Waals surface area contributed by atoms with Crippen molar-refractivity contribution >= 4 is 17.2 Å². The molecule has 0 radical (unpaired) electrons. The Morgan fingerprint density at radius 2 is 2.04 bits per heavy atom. The maximum atomic E-state index is 14.3. The number of amides is 1. The molecule has 0 spiro atoms. The Morgan fingerprint density at radius 3 is 2.81 bits per heavy atom. The van der Waals surface area contributed by atoms with Gasteiger partial charge in [-0.15, -0.1) is 11.3 Å². The van der Waals surface area contributed by atoms with E-state index in [1.807, 2.05) is 11.8 Å². The van der Waals surface area contributed by atoms with Crippen LogP contribution < -0.4 is 0 Å².